The average molecular weight is 413 g/mol. The summed E-state index contributed by atoms with van der Waals surface area (Å²) >= 11 is 9.53. The number of alkyl halides is 2. The SMILES string of the molecule is CCOC(=O)C1CCC(OC)CC1.COC1CCC(C=O)CC1.ClCCl. The molecule has 0 amide bonds. The van der Waals surface area contributed by atoms with Gasteiger partial charge in [0.25, 0.3) is 0 Å². The molecule has 0 radical (unpaired) electrons. The monoisotopic (exact) mass is 412 g/mol. The summed E-state index contributed by atoms with van der Waals surface area (Å²) in [6.45, 7) is 2.34. The number of hydrogen-bond donors (Lipinski definition) is 0. The van der Waals surface area contributed by atoms with E-state index in [2.05, 4.69) is 0 Å². The molecule has 2 fully saturated rings. The van der Waals surface area contributed by atoms with Gasteiger partial charge in [0.1, 0.15) is 6.29 Å². The normalized spacial score (nSPS) is 27.9. The number of ether oxygens (including phenoxy) is 3. The minimum absolute atomic E-state index is 0.0305. The van der Waals surface area contributed by atoms with Gasteiger partial charge in [-0.05, 0) is 58.3 Å². The standard InChI is InChI=1S/C10H18O3.C8H14O2.CH2Cl2/c1-3-13-10(11)8-4-6-9(12-2)7-5-8;1-10-8-4-2-7(6-9)3-5-8;2-1-3/h8-9H,3-7H2,1-2H3;6-8H,2-5H2,1H3;1H2. The van der Waals surface area contributed by atoms with Crippen LogP contribution in [0, 0.1) is 11.8 Å². The lowest BCUT2D eigenvalue weighted by Crippen LogP contribution is -2.26. The largest absolute Gasteiger partial charge is 0.466 e. The van der Waals surface area contributed by atoms with Gasteiger partial charge in [0.15, 0.2) is 0 Å². The molecule has 0 bridgehead atoms. The minimum Gasteiger partial charge on any atom is -0.466 e. The summed E-state index contributed by atoms with van der Waals surface area (Å²) in [5.41, 5.74) is 0. The molecule has 0 saturated heterocycles. The molecule has 0 aliphatic heterocycles. The molecule has 0 unspecified atom stereocenters. The van der Waals surface area contributed by atoms with Crippen molar-refractivity contribution in [3.8, 4) is 0 Å². The van der Waals surface area contributed by atoms with E-state index < -0.39 is 0 Å². The summed E-state index contributed by atoms with van der Waals surface area (Å²) in [5.74, 6) is 0.398. The summed E-state index contributed by atoms with van der Waals surface area (Å²) in [4.78, 5) is 21.6. The first kappa shape index (κ1) is 25.6. The lowest BCUT2D eigenvalue weighted by molar-refractivity contribution is -0.149. The smallest absolute Gasteiger partial charge is 0.308 e. The highest BCUT2D eigenvalue weighted by Crippen LogP contribution is 2.26. The van der Waals surface area contributed by atoms with E-state index in [1.807, 2.05) is 6.92 Å². The topological polar surface area (TPSA) is 61.8 Å². The van der Waals surface area contributed by atoms with Crippen molar-refractivity contribution in [1.82, 2.24) is 0 Å². The van der Waals surface area contributed by atoms with Crippen LogP contribution in [-0.2, 0) is 23.8 Å². The Bertz CT molecular complexity index is 352. The Kier molecular flexibility index (Phi) is 16.6. The number of rotatable bonds is 5. The Morgan fingerprint density at radius 1 is 0.923 bits per heavy atom. The van der Waals surface area contributed by atoms with E-state index in [0.29, 0.717) is 24.7 Å². The summed E-state index contributed by atoms with van der Waals surface area (Å²) in [6, 6.07) is 0. The summed E-state index contributed by atoms with van der Waals surface area (Å²) in [6.07, 6.45) is 9.78. The van der Waals surface area contributed by atoms with Crippen LogP contribution in [0.3, 0.4) is 0 Å². The number of halogens is 2. The van der Waals surface area contributed by atoms with E-state index in [-0.39, 0.29) is 17.2 Å². The number of esters is 1. The van der Waals surface area contributed by atoms with Crippen molar-refractivity contribution in [2.45, 2.75) is 70.5 Å². The van der Waals surface area contributed by atoms with Crippen LogP contribution in [0.25, 0.3) is 0 Å². The van der Waals surface area contributed by atoms with Gasteiger partial charge in [0.05, 0.1) is 30.1 Å². The maximum absolute atomic E-state index is 11.3. The number of carbonyl (C=O) groups excluding carboxylic acids is 2. The van der Waals surface area contributed by atoms with Crippen LogP contribution in [0.2, 0.25) is 0 Å². The highest BCUT2D eigenvalue weighted by molar-refractivity contribution is 6.40. The molecule has 0 aromatic rings. The minimum atomic E-state index is -0.0305. The molecule has 0 spiro atoms. The number of aldehydes is 1. The molecule has 2 aliphatic rings. The molecule has 5 nitrogen and oxygen atoms in total. The van der Waals surface area contributed by atoms with Crippen molar-refractivity contribution < 1.29 is 23.8 Å². The Labute approximate surface area is 168 Å². The zero-order valence-electron chi connectivity index (χ0n) is 16.3. The van der Waals surface area contributed by atoms with E-state index in [4.69, 9.17) is 37.4 Å². The number of carbonyl (C=O) groups is 2. The van der Waals surface area contributed by atoms with Crippen molar-refractivity contribution >= 4 is 35.5 Å². The van der Waals surface area contributed by atoms with Gasteiger partial charge in [-0.2, -0.15) is 0 Å². The fourth-order valence-electron chi connectivity index (χ4n) is 3.25. The average Bonchev–Trinajstić information content (AvgIpc) is 2.69. The molecule has 0 aromatic carbocycles. The first-order valence-corrected chi connectivity index (χ1v) is 10.4. The van der Waals surface area contributed by atoms with Crippen molar-refractivity contribution in [3.63, 3.8) is 0 Å². The van der Waals surface area contributed by atoms with Gasteiger partial charge >= 0.3 is 5.97 Å². The van der Waals surface area contributed by atoms with E-state index >= 15 is 0 Å². The predicted molar refractivity (Wildman–Crippen MR) is 105 cm³/mol. The lowest BCUT2D eigenvalue weighted by atomic mass is 9.87. The Balaban J connectivity index is 0.000000428. The lowest BCUT2D eigenvalue weighted by Gasteiger charge is -2.25. The molecule has 0 heterocycles. The van der Waals surface area contributed by atoms with Crippen LogP contribution in [0.1, 0.15) is 58.3 Å². The quantitative estimate of drug-likeness (QED) is 0.376. The van der Waals surface area contributed by atoms with Crippen LogP contribution in [-0.4, -0.2) is 50.6 Å². The van der Waals surface area contributed by atoms with Gasteiger partial charge in [0.2, 0.25) is 0 Å². The molecular formula is C19H34Cl2O5. The summed E-state index contributed by atoms with van der Waals surface area (Å²) in [5, 5.41) is 0.194. The third-order valence-corrected chi connectivity index (χ3v) is 4.87. The first-order chi connectivity index (χ1) is 12.6. The first-order valence-electron chi connectivity index (χ1n) is 9.35. The maximum Gasteiger partial charge on any atom is 0.308 e. The molecule has 2 aliphatic carbocycles. The Morgan fingerprint density at radius 2 is 1.35 bits per heavy atom. The van der Waals surface area contributed by atoms with Crippen molar-refractivity contribution in [3.05, 3.63) is 0 Å². The van der Waals surface area contributed by atoms with E-state index in [0.717, 1.165) is 57.7 Å². The van der Waals surface area contributed by atoms with E-state index in [1.54, 1.807) is 14.2 Å². The van der Waals surface area contributed by atoms with Gasteiger partial charge in [-0.25, -0.2) is 0 Å². The number of methoxy groups -OCH3 is 2. The van der Waals surface area contributed by atoms with Crippen LogP contribution < -0.4 is 0 Å². The van der Waals surface area contributed by atoms with Gasteiger partial charge in [-0.1, -0.05) is 0 Å². The van der Waals surface area contributed by atoms with E-state index in [9.17, 15) is 9.59 Å². The summed E-state index contributed by atoms with van der Waals surface area (Å²) in [7, 11) is 3.47. The molecule has 0 aromatic heterocycles. The molecular weight excluding hydrogens is 379 g/mol. The third kappa shape index (κ3) is 11.4. The van der Waals surface area contributed by atoms with Crippen LogP contribution >= 0.6 is 23.2 Å². The second-order valence-electron chi connectivity index (χ2n) is 6.47. The number of hydrogen-bond acceptors (Lipinski definition) is 5. The fourth-order valence-corrected chi connectivity index (χ4v) is 3.25. The van der Waals surface area contributed by atoms with Crippen LogP contribution in [0.4, 0.5) is 0 Å². The van der Waals surface area contributed by atoms with Gasteiger partial charge < -0.3 is 19.0 Å². The van der Waals surface area contributed by atoms with Gasteiger partial charge in [-0.15, -0.1) is 23.2 Å². The van der Waals surface area contributed by atoms with Gasteiger partial charge in [0, 0.05) is 20.1 Å². The molecule has 2 saturated carbocycles. The molecule has 0 atom stereocenters. The summed E-state index contributed by atoms with van der Waals surface area (Å²) < 4.78 is 15.4. The molecule has 154 valence electrons. The van der Waals surface area contributed by atoms with Crippen LogP contribution in [0.15, 0.2) is 0 Å². The second kappa shape index (κ2) is 16.8. The van der Waals surface area contributed by atoms with Crippen LogP contribution in [0.5, 0.6) is 0 Å². The van der Waals surface area contributed by atoms with E-state index in [1.165, 1.54) is 0 Å². The second-order valence-corrected chi connectivity index (χ2v) is 7.28. The highest BCUT2D eigenvalue weighted by atomic mass is 35.5. The van der Waals surface area contributed by atoms with Crippen molar-refractivity contribution in [2.75, 3.05) is 26.2 Å². The molecule has 7 heteroatoms. The van der Waals surface area contributed by atoms with Gasteiger partial charge in [-0.3, -0.25) is 4.79 Å². The highest BCUT2D eigenvalue weighted by Gasteiger charge is 2.26. The molecule has 0 N–H and O–H groups in total. The maximum atomic E-state index is 11.3. The Morgan fingerprint density at radius 3 is 1.69 bits per heavy atom. The molecule has 2 rings (SSSR count). The zero-order chi connectivity index (χ0) is 19.8. The zero-order valence-corrected chi connectivity index (χ0v) is 17.8. The van der Waals surface area contributed by atoms with Crippen molar-refractivity contribution in [2.24, 2.45) is 11.8 Å². The predicted octanol–water partition coefficient (Wildman–Crippen LogP) is 4.57. The van der Waals surface area contributed by atoms with Crippen molar-refractivity contribution in [1.29, 1.82) is 0 Å². The molecule has 26 heavy (non-hydrogen) atoms. The third-order valence-electron chi connectivity index (χ3n) is 4.87. The Hall–Kier alpha value is -0.360. The fraction of sp³-hybridized carbons (Fsp3) is 0.895.